The molecule has 5 aromatic rings. The molecule has 2 N–H and O–H groups in total. The Morgan fingerprint density at radius 3 is 2.34 bits per heavy atom. The molecule has 0 radical (unpaired) electrons. The van der Waals surface area contributed by atoms with E-state index in [-0.39, 0.29) is 15.8 Å². The Labute approximate surface area is 205 Å². The van der Waals surface area contributed by atoms with Gasteiger partial charge in [0.15, 0.2) is 5.13 Å². The fourth-order valence-electron chi connectivity index (χ4n) is 3.74. The third kappa shape index (κ3) is 4.88. The van der Waals surface area contributed by atoms with Crippen LogP contribution in [-0.2, 0) is 10.0 Å². The first kappa shape index (κ1) is 23.0. The van der Waals surface area contributed by atoms with Crippen molar-refractivity contribution in [2.24, 2.45) is 0 Å². The first-order chi connectivity index (χ1) is 16.9. The number of sulfonamides is 1. The molecule has 0 aliphatic carbocycles. The quantitative estimate of drug-likeness (QED) is 0.279. The van der Waals surface area contributed by atoms with Gasteiger partial charge in [0.05, 0.1) is 17.4 Å². The summed E-state index contributed by atoms with van der Waals surface area (Å²) in [5, 5.41) is 13.2. The standard InChI is InChI=1S/C26H19FN2O4S2/c27-21-6-1-17(2-7-21)19-5-10-23(24(15-19)20-11-13-33-16-20)25(30)18-3-8-22(9-4-18)35(31,32)29-26-28-12-14-34-26/h1-16,25,30H,(H,28,29). The van der Waals surface area contributed by atoms with Gasteiger partial charge in [0, 0.05) is 17.1 Å². The zero-order chi connectivity index (χ0) is 24.4. The Morgan fingerprint density at radius 1 is 0.943 bits per heavy atom. The van der Waals surface area contributed by atoms with Gasteiger partial charge in [-0.2, -0.15) is 0 Å². The van der Waals surface area contributed by atoms with Gasteiger partial charge in [-0.3, -0.25) is 4.72 Å². The number of halogens is 1. The summed E-state index contributed by atoms with van der Waals surface area (Å²) < 4.78 is 46.3. The highest BCUT2D eigenvalue weighted by molar-refractivity contribution is 7.93. The average Bonchev–Trinajstić information content (AvgIpc) is 3.58. The smallest absolute Gasteiger partial charge is 0.263 e. The van der Waals surface area contributed by atoms with E-state index >= 15 is 0 Å². The van der Waals surface area contributed by atoms with Crippen LogP contribution < -0.4 is 4.72 Å². The molecule has 3 aromatic carbocycles. The lowest BCUT2D eigenvalue weighted by Crippen LogP contribution is -2.13. The van der Waals surface area contributed by atoms with Gasteiger partial charge < -0.3 is 9.52 Å². The lowest BCUT2D eigenvalue weighted by molar-refractivity contribution is 0.221. The van der Waals surface area contributed by atoms with E-state index in [0.29, 0.717) is 11.1 Å². The SMILES string of the molecule is O=S(=O)(Nc1nccs1)c1ccc(C(O)c2ccc(-c3ccc(F)cc3)cc2-c2ccoc2)cc1. The molecule has 0 amide bonds. The van der Waals surface area contributed by atoms with Crippen molar-refractivity contribution in [2.75, 3.05) is 4.72 Å². The van der Waals surface area contributed by atoms with Crippen LogP contribution in [-0.4, -0.2) is 18.5 Å². The van der Waals surface area contributed by atoms with Gasteiger partial charge in [0.2, 0.25) is 0 Å². The van der Waals surface area contributed by atoms with Crippen LogP contribution >= 0.6 is 11.3 Å². The molecule has 0 bridgehead atoms. The predicted octanol–water partition coefficient (Wildman–Crippen LogP) is 6.09. The van der Waals surface area contributed by atoms with Crippen LogP contribution in [0.25, 0.3) is 22.3 Å². The second kappa shape index (κ2) is 9.46. The third-order valence-corrected chi connectivity index (χ3v) is 7.69. The first-order valence-corrected chi connectivity index (χ1v) is 12.9. The lowest BCUT2D eigenvalue weighted by Gasteiger charge is -2.17. The highest BCUT2D eigenvalue weighted by Gasteiger charge is 2.20. The van der Waals surface area contributed by atoms with E-state index in [2.05, 4.69) is 9.71 Å². The predicted molar refractivity (Wildman–Crippen MR) is 133 cm³/mol. The fraction of sp³-hybridized carbons (Fsp3) is 0.0385. The molecule has 0 aliphatic heterocycles. The average molecular weight is 507 g/mol. The van der Waals surface area contributed by atoms with Crippen LogP contribution in [0.2, 0.25) is 0 Å². The molecule has 2 aromatic heterocycles. The van der Waals surface area contributed by atoms with Gasteiger partial charge in [0.1, 0.15) is 11.9 Å². The Kier molecular flexibility index (Phi) is 6.21. The Morgan fingerprint density at radius 2 is 1.69 bits per heavy atom. The number of aliphatic hydroxyl groups is 1. The van der Waals surface area contributed by atoms with Crippen LogP contribution in [0, 0.1) is 5.82 Å². The van der Waals surface area contributed by atoms with E-state index in [1.54, 1.807) is 54.3 Å². The van der Waals surface area contributed by atoms with Crippen LogP contribution in [0.3, 0.4) is 0 Å². The first-order valence-electron chi connectivity index (χ1n) is 10.5. The largest absolute Gasteiger partial charge is 0.472 e. The molecule has 176 valence electrons. The van der Waals surface area contributed by atoms with E-state index in [1.807, 2.05) is 12.1 Å². The number of rotatable bonds is 7. The summed E-state index contributed by atoms with van der Waals surface area (Å²) in [6, 6.07) is 19.6. The van der Waals surface area contributed by atoms with Crippen molar-refractivity contribution in [1.29, 1.82) is 0 Å². The summed E-state index contributed by atoms with van der Waals surface area (Å²) >= 11 is 1.18. The van der Waals surface area contributed by atoms with Gasteiger partial charge >= 0.3 is 0 Å². The van der Waals surface area contributed by atoms with Gasteiger partial charge in [-0.05, 0) is 64.2 Å². The molecule has 1 unspecified atom stereocenters. The number of furan rings is 1. The monoisotopic (exact) mass is 506 g/mol. The molecular weight excluding hydrogens is 487 g/mol. The number of nitrogens with zero attached hydrogens (tertiary/aromatic N) is 1. The number of anilines is 1. The fourth-order valence-corrected chi connectivity index (χ4v) is 5.53. The normalized spacial score (nSPS) is 12.4. The number of nitrogens with one attached hydrogen (secondary N) is 1. The number of hydrogen-bond acceptors (Lipinski definition) is 6. The van der Waals surface area contributed by atoms with Crippen LogP contribution in [0.1, 0.15) is 17.2 Å². The van der Waals surface area contributed by atoms with E-state index in [1.165, 1.54) is 41.8 Å². The van der Waals surface area contributed by atoms with Crippen molar-refractivity contribution in [2.45, 2.75) is 11.0 Å². The van der Waals surface area contributed by atoms with Crippen LogP contribution in [0.5, 0.6) is 0 Å². The maximum Gasteiger partial charge on any atom is 0.263 e. The molecule has 0 saturated carbocycles. The van der Waals surface area contributed by atoms with E-state index in [9.17, 15) is 17.9 Å². The van der Waals surface area contributed by atoms with Gasteiger partial charge in [0.25, 0.3) is 10.0 Å². The second-order valence-corrected chi connectivity index (χ2v) is 10.3. The molecule has 5 rings (SSSR count). The Balaban J connectivity index is 1.48. The van der Waals surface area contributed by atoms with Gasteiger partial charge in [-0.15, -0.1) is 11.3 Å². The minimum atomic E-state index is -3.80. The number of hydrogen-bond donors (Lipinski definition) is 2. The molecule has 2 heterocycles. The number of aromatic nitrogens is 1. The maximum atomic E-state index is 13.4. The van der Waals surface area contributed by atoms with E-state index in [4.69, 9.17) is 4.42 Å². The topological polar surface area (TPSA) is 92.4 Å². The lowest BCUT2D eigenvalue weighted by atomic mass is 9.91. The zero-order valence-corrected chi connectivity index (χ0v) is 19.8. The number of benzene rings is 3. The summed E-state index contributed by atoms with van der Waals surface area (Å²) in [4.78, 5) is 4.00. The van der Waals surface area contributed by atoms with Crippen molar-refractivity contribution >= 4 is 26.5 Å². The Hall–Kier alpha value is -3.79. The molecule has 0 aliphatic rings. The van der Waals surface area contributed by atoms with Crippen LogP contribution in [0.4, 0.5) is 9.52 Å². The van der Waals surface area contributed by atoms with Crippen LogP contribution in [0.15, 0.2) is 106 Å². The van der Waals surface area contributed by atoms with E-state index in [0.717, 1.165) is 22.3 Å². The van der Waals surface area contributed by atoms with Crippen molar-refractivity contribution in [3.8, 4) is 22.3 Å². The summed E-state index contributed by atoms with van der Waals surface area (Å²) in [5.41, 5.74) is 4.35. The number of thiazole rings is 1. The maximum absolute atomic E-state index is 13.4. The third-order valence-electron chi connectivity index (χ3n) is 5.52. The minimum absolute atomic E-state index is 0.0605. The van der Waals surface area contributed by atoms with Crippen molar-refractivity contribution in [1.82, 2.24) is 4.98 Å². The highest BCUT2D eigenvalue weighted by Crippen LogP contribution is 2.36. The summed E-state index contributed by atoms with van der Waals surface area (Å²) in [6.07, 6.45) is 3.62. The highest BCUT2D eigenvalue weighted by atomic mass is 32.2. The van der Waals surface area contributed by atoms with E-state index < -0.39 is 16.1 Å². The molecule has 9 heteroatoms. The van der Waals surface area contributed by atoms with Gasteiger partial charge in [-0.1, -0.05) is 36.4 Å². The van der Waals surface area contributed by atoms with Crippen molar-refractivity contribution in [3.63, 3.8) is 0 Å². The number of aliphatic hydroxyl groups excluding tert-OH is 1. The molecule has 35 heavy (non-hydrogen) atoms. The van der Waals surface area contributed by atoms with Gasteiger partial charge in [-0.25, -0.2) is 17.8 Å². The second-order valence-electron chi connectivity index (χ2n) is 7.74. The Bertz CT molecular complexity index is 1530. The van der Waals surface area contributed by atoms with Crippen molar-refractivity contribution < 1.29 is 22.3 Å². The molecule has 6 nitrogen and oxygen atoms in total. The zero-order valence-electron chi connectivity index (χ0n) is 18.1. The minimum Gasteiger partial charge on any atom is -0.472 e. The molecule has 0 fully saturated rings. The van der Waals surface area contributed by atoms with Crippen molar-refractivity contribution in [3.05, 3.63) is 114 Å². The molecular formula is C26H19FN2O4S2. The molecule has 1 atom stereocenters. The molecule has 0 spiro atoms. The molecule has 0 saturated heterocycles. The summed E-state index contributed by atoms with van der Waals surface area (Å²) in [7, 11) is -3.80. The summed E-state index contributed by atoms with van der Waals surface area (Å²) in [6.45, 7) is 0. The summed E-state index contributed by atoms with van der Waals surface area (Å²) in [5.74, 6) is -0.317.